The summed E-state index contributed by atoms with van der Waals surface area (Å²) in [4.78, 5) is 3.94. The molecule has 0 aliphatic carbocycles. The Hall–Kier alpha value is -2.88. The zero-order chi connectivity index (χ0) is 21.5. The summed E-state index contributed by atoms with van der Waals surface area (Å²) in [7, 11) is -3.59. The lowest BCUT2D eigenvalue weighted by molar-refractivity contribution is 0.457. The van der Waals surface area contributed by atoms with Crippen LogP contribution in [0.2, 0.25) is 0 Å². The van der Waals surface area contributed by atoms with Gasteiger partial charge in [0, 0.05) is 35.7 Å². The van der Waals surface area contributed by atoms with Gasteiger partial charge in [0.1, 0.15) is 17.3 Å². The Labute approximate surface area is 183 Å². The third-order valence-electron chi connectivity index (χ3n) is 4.74. The van der Waals surface area contributed by atoms with E-state index in [2.05, 4.69) is 10.1 Å². The zero-order valence-corrected chi connectivity index (χ0v) is 17.9. The lowest BCUT2D eigenvalue weighted by atomic mass is 9.94. The summed E-state index contributed by atoms with van der Waals surface area (Å²) in [6.07, 6.45) is 0.974. The first-order valence-electron chi connectivity index (χ1n) is 8.99. The Bertz CT molecular complexity index is 1360. The second-order valence-electron chi connectivity index (χ2n) is 6.92. The van der Waals surface area contributed by atoms with Crippen molar-refractivity contribution in [3.63, 3.8) is 0 Å². The Morgan fingerprint density at radius 2 is 1.84 bits per heavy atom. The molecular weight excluding hydrogens is 448 g/mol. The molecule has 2 N–H and O–H groups in total. The minimum Gasteiger partial charge on any atom is -0.356 e. The summed E-state index contributed by atoms with van der Waals surface area (Å²) < 4.78 is 56.5. The molecule has 1 atom stereocenters. The fourth-order valence-electron chi connectivity index (χ4n) is 3.27. The van der Waals surface area contributed by atoms with E-state index in [-0.39, 0.29) is 29.5 Å². The maximum atomic E-state index is 14.3. The van der Waals surface area contributed by atoms with Crippen LogP contribution in [0.15, 0.2) is 64.1 Å². The van der Waals surface area contributed by atoms with E-state index in [1.165, 1.54) is 12.1 Å². The van der Waals surface area contributed by atoms with Crippen LogP contribution < -0.4 is 5.73 Å². The Morgan fingerprint density at radius 1 is 1.10 bits per heavy atom. The first-order valence-corrected chi connectivity index (χ1v) is 10.9. The van der Waals surface area contributed by atoms with Crippen LogP contribution in [0.4, 0.5) is 8.78 Å². The smallest absolute Gasteiger partial charge is 0.192 e. The van der Waals surface area contributed by atoms with Crippen molar-refractivity contribution in [2.75, 3.05) is 6.26 Å². The molecule has 0 unspecified atom stereocenters. The van der Waals surface area contributed by atoms with Crippen molar-refractivity contribution in [1.29, 1.82) is 0 Å². The van der Waals surface area contributed by atoms with Crippen LogP contribution in [0.1, 0.15) is 17.3 Å². The van der Waals surface area contributed by atoms with Gasteiger partial charge in [0.15, 0.2) is 20.4 Å². The van der Waals surface area contributed by atoms with Gasteiger partial charge in [0.2, 0.25) is 0 Å². The number of hydrogen-bond acceptors (Lipinski definition) is 6. The van der Waals surface area contributed by atoms with Crippen LogP contribution in [0.3, 0.4) is 0 Å². The standard InChI is InChI=1S/C21H17F2N3O3S.ClH/c1-30(27,28)20-9-8-16(23)18(25-20)11-17(24)13-4-2-3-5-14(13)21-15-7-6-12(22)10-19(15)29-26-21;/h2-10,17H,11,24H2,1H3;1H/t17-;/m0./s1. The Balaban J connectivity index is 0.00000272. The maximum Gasteiger partial charge on any atom is 0.192 e. The van der Waals surface area contributed by atoms with Gasteiger partial charge >= 0.3 is 0 Å². The van der Waals surface area contributed by atoms with Crippen LogP contribution in [-0.2, 0) is 16.3 Å². The fraction of sp³-hybridized carbons (Fsp3) is 0.143. The number of hydrogen-bond donors (Lipinski definition) is 1. The number of benzene rings is 2. The van der Waals surface area contributed by atoms with Gasteiger partial charge in [0.05, 0.1) is 5.69 Å². The van der Waals surface area contributed by atoms with E-state index in [4.69, 9.17) is 10.3 Å². The molecule has 31 heavy (non-hydrogen) atoms. The van der Waals surface area contributed by atoms with Crippen LogP contribution in [0.25, 0.3) is 22.2 Å². The summed E-state index contributed by atoms with van der Waals surface area (Å²) >= 11 is 0. The number of rotatable bonds is 5. The van der Waals surface area contributed by atoms with Gasteiger partial charge in [-0.3, -0.25) is 0 Å². The van der Waals surface area contributed by atoms with Crippen molar-refractivity contribution in [3.8, 4) is 11.3 Å². The second-order valence-corrected chi connectivity index (χ2v) is 8.88. The summed E-state index contributed by atoms with van der Waals surface area (Å²) in [5.74, 6) is -1.08. The Kier molecular flexibility index (Phi) is 6.40. The molecule has 2 heterocycles. The minimum absolute atomic E-state index is 0. The minimum atomic E-state index is -3.59. The van der Waals surface area contributed by atoms with Gasteiger partial charge in [0.25, 0.3) is 0 Å². The molecule has 4 rings (SSSR count). The van der Waals surface area contributed by atoms with E-state index in [1.807, 2.05) is 0 Å². The van der Waals surface area contributed by atoms with Crippen molar-refractivity contribution in [2.45, 2.75) is 17.5 Å². The number of aromatic nitrogens is 2. The summed E-state index contributed by atoms with van der Waals surface area (Å²) in [6.45, 7) is 0. The molecule has 0 spiro atoms. The van der Waals surface area contributed by atoms with E-state index >= 15 is 0 Å². The number of sulfone groups is 1. The van der Waals surface area contributed by atoms with Gasteiger partial charge < -0.3 is 10.3 Å². The van der Waals surface area contributed by atoms with Crippen LogP contribution >= 0.6 is 12.4 Å². The predicted molar refractivity (Wildman–Crippen MR) is 115 cm³/mol. The molecule has 0 bridgehead atoms. The molecule has 10 heteroatoms. The molecule has 0 amide bonds. The van der Waals surface area contributed by atoms with E-state index < -0.39 is 27.5 Å². The van der Waals surface area contributed by atoms with Gasteiger partial charge in [-0.25, -0.2) is 22.2 Å². The highest BCUT2D eigenvalue weighted by Crippen LogP contribution is 2.33. The SMILES string of the molecule is CS(=O)(=O)c1ccc(F)c(C[C@H](N)c2ccccc2-c2noc3cc(F)ccc23)n1.Cl. The van der Waals surface area contributed by atoms with Crippen molar-refractivity contribution in [1.82, 2.24) is 10.1 Å². The lowest BCUT2D eigenvalue weighted by Crippen LogP contribution is -2.17. The van der Waals surface area contributed by atoms with Crippen LogP contribution in [0.5, 0.6) is 0 Å². The lowest BCUT2D eigenvalue weighted by Gasteiger charge is -2.16. The zero-order valence-electron chi connectivity index (χ0n) is 16.2. The first-order chi connectivity index (χ1) is 14.2. The normalized spacial score (nSPS) is 12.5. The number of pyridine rings is 1. The largest absolute Gasteiger partial charge is 0.356 e. The third kappa shape index (κ3) is 4.58. The molecule has 0 aliphatic heterocycles. The maximum absolute atomic E-state index is 14.3. The van der Waals surface area contributed by atoms with E-state index in [1.54, 1.807) is 30.3 Å². The summed E-state index contributed by atoms with van der Waals surface area (Å²) in [5.41, 5.74) is 8.37. The molecule has 4 aromatic rings. The van der Waals surface area contributed by atoms with Gasteiger partial charge in [-0.2, -0.15) is 0 Å². The molecule has 6 nitrogen and oxygen atoms in total. The summed E-state index contributed by atoms with van der Waals surface area (Å²) in [5, 5.41) is 4.45. The molecule has 2 aromatic heterocycles. The van der Waals surface area contributed by atoms with E-state index in [0.717, 1.165) is 18.4 Å². The number of nitrogens with zero attached hydrogens (tertiary/aromatic N) is 2. The number of nitrogens with two attached hydrogens (primary N) is 1. The third-order valence-corrected chi connectivity index (χ3v) is 5.72. The molecule has 162 valence electrons. The first kappa shape index (κ1) is 22.8. The topological polar surface area (TPSA) is 99.1 Å². The molecule has 0 radical (unpaired) electrons. The van der Waals surface area contributed by atoms with Crippen LogP contribution in [-0.4, -0.2) is 24.8 Å². The molecule has 0 fully saturated rings. The van der Waals surface area contributed by atoms with Crippen LogP contribution in [0, 0.1) is 11.6 Å². The molecule has 0 aliphatic rings. The molecule has 0 saturated carbocycles. The average molecular weight is 466 g/mol. The molecule has 2 aromatic carbocycles. The van der Waals surface area contributed by atoms with Crippen molar-refractivity contribution >= 4 is 33.2 Å². The van der Waals surface area contributed by atoms with Gasteiger partial charge in [-0.05, 0) is 29.8 Å². The Morgan fingerprint density at radius 3 is 2.58 bits per heavy atom. The van der Waals surface area contributed by atoms with E-state index in [9.17, 15) is 17.2 Å². The predicted octanol–water partition coefficient (Wildman–Crippen LogP) is 4.24. The number of halogens is 3. The molecular formula is C21H18ClF2N3O3S. The van der Waals surface area contributed by atoms with Crippen molar-refractivity contribution in [3.05, 3.63) is 77.5 Å². The average Bonchev–Trinajstić information content (AvgIpc) is 3.11. The number of fused-ring (bicyclic) bond motifs is 1. The quantitative estimate of drug-likeness (QED) is 0.473. The fourth-order valence-corrected chi connectivity index (χ4v) is 3.87. The monoisotopic (exact) mass is 465 g/mol. The molecule has 0 saturated heterocycles. The second kappa shape index (κ2) is 8.70. The van der Waals surface area contributed by atoms with Gasteiger partial charge in [-0.1, -0.05) is 29.4 Å². The van der Waals surface area contributed by atoms with Gasteiger partial charge in [-0.15, -0.1) is 12.4 Å². The van der Waals surface area contributed by atoms with Crippen molar-refractivity contribution < 1.29 is 21.7 Å². The van der Waals surface area contributed by atoms with Crippen molar-refractivity contribution in [2.24, 2.45) is 5.73 Å². The highest BCUT2D eigenvalue weighted by atomic mass is 35.5. The van der Waals surface area contributed by atoms with E-state index in [0.29, 0.717) is 27.8 Å². The highest BCUT2D eigenvalue weighted by Gasteiger charge is 2.21. The highest BCUT2D eigenvalue weighted by molar-refractivity contribution is 7.90. The summed E-state index contributed by atoms with van der Waals surface area (Å²) in [6, 6.07) is 12.7.